The van der Waals surface area contributed by atoms with Crippen LogP contribution >= 0.6 is 11.3 Å². The normalized spacial score (nSPS) is 18.4. The Bertz CT molecular complexity index is 1190. The Morgan fingerprint density at radius 3 is 2.97 bits per heavy atom. The fourth-order valence-electron chi connectivity index (χ4n) is 4.75. The average Bonchev–Trinajstić information content (AvgIpc) is 3.34. The standard InChI is InChI=1S/C23H29N7O3S/c1-2-33-18(31)11-16-13-34-23(26-16)28-22(32)15-7-6-9-29(12-15)20-19-21(25-14-24-20)30-10-5-3-4-8-17(30)27-19/h13-15H,2-12H2,1H3,(H,26,28,32). The second-order valence-electron chi connectivity index (χ2n) is 8.76. The number of hydrogen-bond acceptors (Lipinski definition) is 9. The van der Waals surface area contributed by atoms with Crippen LogP contribution < -0.4 is 10.2 Å². The summed E-state index contributed by atoms with van der Waals surface area (Å²) in [6.45, 7) is 4.46. The van der Waals surface area contributed by atoms with Crippen molar-refractivity contribution in [1.29, 1.82) is 0 Å². The number of esters is 1. The summed E-state index contributed by atoms with van der Waals surface area (Å²) in [7, 11) is 0. The molecule has 5 heterocycles. The molecule has 2 aliphatic rings. The number of ether oxygens (including phenoxy) is 1. The molecule has 0 aromatic carbocycles. The summed E-state index contributed by atoms with van der Waals surface area (Å²) < 4.78 is 7.20. The van der Waals surface area contributed by atoms with Crippen molar-refractivity contribution < 1.29 is 14.3 Å². The highest BCUT2D eigenvalue weighted by Crippen LogP contribution is 2.30. The first-order valence-corrected chi connectivity index (χ1v) is 12.9. The van der Waals surface area contributed by atoms with Gasteiger partial charge in [0, 0.05) is 31.4 Å². The molecule has 3 aromatic rings. The third-order valence-corrected chi connectivity index (χ3v) is 7.18. The predicted molar refractivity (Wildman–Crippen MR) is 129 cm³/mol. The lowest BCUT2D eigenvalue weighted by atomic mass is 9.97. The first-order chi connectivity index (χ1) is 16.6. The van der Waals surface area contributed by atoms with Crippen LogP contribution in [0.15, 0.2) is 11.7 Å². The number of anilines is 2. The highest BCUT2D eigenvalue weighted by Gasteiger charge is 2.29. The second kappa shape index (κ2) is 10.0. The van der Waals surface area contributed by atoms with E-state index in [0.29, 0.717) is 24.0 Å². The molecule has 34 heavy (non-hydrogen) atoms. The van der Waals surface area contributed by atoms with Gasteiger partial charge in [-0.15, -0.1) is 11.3 Å². The minimum Gasteiger partial charge on any atom is -0.466 e. The fourth-order valence-corrected chi connectivity index (χ4v) is 5.47. The van der Waals surface area contributed by atoms with Crippen molar-refractivity contribution in [1.82, 2.24) is 24.5 Å². The van der Waals surface area contributed by atoms with Gasteiger partial charge in [-0.2, -0.15) is 0 Å². The highest BCUT2D eigenvalue weighted by molar-refractivity contribution is 7.13. The van der Waals surface area contributed by atoms with Gasteiger partial charge in [0.05, 0.1) is 24.6 Å². The fraction of sp³-hybridized carbons (Fsp3) is 0.565. The number of hydrogen-bond donors (Lipinski definition) is 1. The molecule has 3 aromatic heterocycles. The number of aromatic nitrogens is 5. The van der Waals surface area contributed by atoms with Gasteiger partial charge >= 0.3 is 5.97 Å². The Balaban J connectivity index is 1.28. The number of piperidine rings is 1. The van der Waals surface area contributed by atoms with E-state index in [1.54, 1.807) is 18.6 Å². The third kappa shape index (κ3) is 4.75. The number of imidazole rings is 1. The Hall–Kier alpha value is -3.08. The summed E-state index contributed by atoms with van der Waals surface area (Å²) in [4.78, 5) is 45.3. The quantitative estimate of drug-likeness (QED) is 0.532. The molecule has 0 bridgehead atoms. The number of amides is 1. The van der Waals surface area contributed by atoms with Gasteiger partial charge in [0.15, 0.2) is 22.1 Å². The van der Waals surface area contributed by atoms with Crippen molar-refractivity contribution in [2.45, 2.75) is 58.4 Å². The van der Waals surface area contributed by atoms with Crippen molar-refractivity contribution in [3.05, 3.63) is 23.2 Å². The monoisotopic (exact) mass is 483 g/mol. The van der Waals surface area contributed by atoms with Gasteiger partial charge in [-0.1, -0.05) is 6.42 Å². The minimum atomic E-state index is -0.318. The summed E-state index contributed by atoms with van der Waals surface area (Å²) in [5.41, 5.74) is 2.33. The molecule has 11 heteroatoms. The maximum absolute atomic E-state index is 13.0. The zero-order chi connectivity index (χ0) is 23.5. The van der Waals surface area contributed by atoms with Gasteiger partial charge in [0.25, 0.3) is 0 Å². The summed E-state index contributed by atoms with van der Waals surface area (Å²) >= 11 is 1.32. The molecular weight excluding hydrogens is 454 g/mol. The van der Waals surface area contributed by atoms with E-state index in [0.717, 1.165) is 68.0 Å². The first kappa shape index (κ1) is 22.7. The molecule has 1 amide bonds. The van der Waals surface area contributed by atoms with Gasteiger partial charge in [0.2, 0.25) is 5.91 Å². The van der Waals surface area contributed by atoms with Crippen LogP contribution in [0, 0.1) is 5.92 Å². The number of nitrogens with zero attached hydrogens (tertiary/aromatic N) is 6. The van der Waals surface area contributed by atoms with Crippen LogP contribution in [-0.4, -0.2) is 56.1 Å². The van der Waals surface area contributed by atoms with Crippen molar-refractivity contribution >= 4 is 45.3 Å². The smallest absolute Gasteiger partial charge is 0.311 e. The highest BCUT2D eigenvalue weighted by atomic mass is 32.1. The molecule has 1 unspecified atom stereocenters. The first-order valence-electron chi connectivity index (χ1n) is 12.0. The molecule has 1 saturated heterocycles. The molecule has 0 aliphatic carbocycles. The second-order valence-corrected chi connectivity index (χ2v) is 9.62. The van der Waals surface area contributed by atoms with Crippen LogP contribution in [0.5, 0.6) is 0 Å². The van der Waals surface area contributed by atoms with Crippen molar-refractivity contribution in [2.75, 3.05) is 29.9 Å². The van der Waals surface area contributed by atoms with Gasteiger partial charge < -0.3 is 19.5 Å². The van der Waals surface area contributed by atoms with E-state index in [2.05, 4.69) is 29.7 Å². The molecule has 2 aliphatic heterocycles. The van der Waals surface area contributed by atoms with Gasteiger partial charge in [0.1, 0.15) is 12.2 Å². The van der Waals surface area contributed by atoms with E-state index >= 15 is 0 Å². The predicted octanol–water partition coefficient (Wildman–Crippen LogP) is 2.97. The number of rotatable bonds is 6. The lowest BCUT2D eigenvalue weighted by Gasteiger charge is -2.32. The van der Waals surface area contributed by atoms with Crippen LogP contribution in [0.3, 0.4) is 0 Å². The van der Waals surface area contributed by atoms with Crippen molar-refractivity contribution in [2.24, 2.45) is 5.92 Å². The molecular formula is C23H29N7O3S. The topological polar surface area (TPSA) is 115 Å². The zero-order valence-corrected chi connectivity index (χ0v) is 20.1. The molecule has 1 N–H and O–H groups in total. The summed E-state index contributed by atoms with van der Waals surface area (Å²) in [5, 5.41) is 5.21. The zero-order valence-electron chi connectivity index (χ0n) is 19.3. The third-order valence-electron chi connectivity index (χ3n) is 6.38. The molecule has 10 nitrogen and oxygen atoms in total. The summed E-state index contributed by atoms with van der Waals surface area (Å²) in [6.07, 6.45) is 7.89. The van der Waals surface area contributed by atoms with Crippen LogP contribution in [0.4, 0.5) is 10.9 Å². The maximum atomic E-state index is 13.0. The Morgan fingerprint density at radius 2 is 2.09 bits per heavy atom. The van der Waals surface area contributed by atoms with Gasteiger partial charge in [-0.05, 0) is 32.6 Å². The van der Waals surface area contributed by atoms with Crippen LogP contribution in [0.1, 0.15) is 50.5 Å². The van der Waals surface area contributed by atoms with Crippen molar-refractivity contribution in [3.63, 3.8) is 0 Å². The van der Waals surface area contributed by atoms with E-state index in [9.17, 15) is 9.59 Å². The van der Waals surface area contributed by atoms with E-state index < -0.39 is 0 Å². The molecule has 1 fully saturated rings. The van der Waals surface area contributed by atoms with E-state index in [4.69, 9.17) is 9.72 Å². The number of fused-ring (bicyclic) bond motifs is 3. The number of aryl methyl sites for hydroxylation is 2. The Labute approximate surface area is 201 Å². The van der Waals surface area contributed by atoms with Gasteiger partial charge in [-0.3, -0.25) is 9.59 Å². The number of nitrogens with one attached hydrogen (secondary N) is 1. The number of carbonyl (C=O) groups excluding carboxylic acids is 2. The SMILES string of the molecule is CCOC(=O)Cc1csc(NC(=O)C2CCCN(c3ncnc4c3nc3n4CCCCC3)C2)n1. The number of thiazole rings is 1. The van der Waals surface area contributed by atoms with E-state index in [1.165, 1.54) is 17.8 Å². The van der Waals surface area contributed by atoms with Crippen LogP contribution in [0.2, 0.25) is 0 Å². The Morgan fingerprint density at radius 1 is 1.18 bits per heavy atom. The maximum Gasteiger partial charge on any atom is 0.311 e. The molecule has 1 atom stereocenters. The lowest BCUT2D eigenvalue weighted by Crippen LogP contribution is -2.41. The lowest BCUT2D eigenvalue weighted by molar-refractivity contribution is -0.142. The average molecular weight is 484 g/mol. The van der Waals surface area contributed by atoms with Crippen molar-refractivity contribution in [3.8, 4) is 0 Å². The molecule has 180 valence electrons. The largest absolute Gasteiger partial charge is 0.466 e. The van der Waals surface area contributed by atoms with Crippen LogP contribution in [0.25, 0.3) is 11.2 Å². The molecule has 5 rings (SSSR count). The summed E-state index contributed by atoms with van der Waals surface area (Å²) in [5.74, 6) is 1.34. The van der Waals surface area contributed by atoms with Gasteiger partial charge in [-0.25, -0.2) is 19.9 Å². The molecule has 0 spiro atoms. The number of carbonyl (C=O) groups is 2. The summed E-state index contributed by atoms with van der Waals surface area (Å²) in [6, 6.07) is 0. The molecule has 0 radical (unpaired) electrons. The van der Waals surface area contributed by atoms with Crippen LogP contribution in [-0.2, 0) is 33.7 Å². The van der Waals surface area contributed by atoms with E-state index in [-0.39, 0.29) is 24.2 Å². The Kier molecular flexibility index (Phi) is 6.70. The minimum absolute atomic E-state index is 0.0624. The molecule has 0 saturated carbocycles. The van der Waals surface area contributed by atoms with E-state index in [1.807, 2.05) is 0 Å².